The Hall–Kier alpha value is -1.80. The van der Waals surface area contributed by atoms with E-state index in [9.17, 15) is 10.2 Å². The number of hydrogen-bond donors (Lipinski definition) is 2. The van der Waals surface area contributed by atoms with Crippen LogP contribution in [0.3, 0.4) is 0 Å². The molecule has 1 atom stereocenters. The molecular formula is C17H20O2. The van der Waals surface area contributed by atoms with Gasteiger partial charge in [-0.05, 0) is 48.9 Å². The molecule has 0 aliphatic heterocycles. The molecule has 0 bridgehead atoms. The van der Waals surface area contributed by atoms with E-state index in [0.29, 0.717) is 18.6 Å². The fourth-order valence-electron chi connectivity index (χ4n) is 2.15. The van der Waals surface area contributed by atoms with Crippen LogP contribution < -0.4 is 0 Å². The third-order valence-electron chi connectivity index (χ3n) is 3.23. The van der Waals surface area contributed by atoms with Gasteiger partial charge in [-0.15, -0.1) is 0 Å². The van der Waals surface area contributed by atoms with Crippen molar-refractivity contribution < 1.29 is 10.2 Å². The van der Waals surface area contributed by atoms with Gasteiger partial charge in [-0.2, -0.15) is 0 Å². The van der Waals surface area contributed by atoms with Crippen LogP contribution in [-0.4, -0.2) is 16.3 Å². The minimum Gasteiger partial charge on any atom is -0.508 e. The van der Waals surface area contributed by atoms with Gasteiger partial charge < -0.3 is 10.2 Å². The van der Waals surface area contributed by atoms with Crippen molar-refractivity contribution in [2.75, 3.05) is 0 Å². The maximum Gasteiger partial charge on any atom is 0.118 e. The second-order valence-electron chi connectivity index (χ2n) is 5.01. The third-order valence-corrected chi connectivity index (χ3v) is 3.23. The van der Waals surface area contributed by atoms with Crippen molar-refractivity contribution in [1.29, 1.82) is 0 Å². The van der Waals surface area contributed by atoms with Crippen LogP contribution in [0.5, 0.6) is 5.75 Å². The van der Waals surface area contributed by atoms with Crippen LogP contribution in [0, 0.1) is 0 Å². The molecule has 0 aliphatic carbocycles. The highest BCUT2D eigenvalue weighted by Gasteiger charge is 2.05. The van der Waals surface area contributed by atoms with Crippen LogP contribution in [0.1, 0.15) is 30.0 Å². The van der Waals surface area contributed by atoms with Crippen molar-refractivity contribution in [2.24, 2.45) is 0 Å². The summed E-state index contributed by atoms with van der Waals surface area (Å²) in [4.78, 5) is 0. The molecule has 0 aromatic heterocycles. The Kier molecular flexibility index (Phi) is 4.58. The molecule has 0 spiro atoms. The predicted molar refractivity (Wildman–Crippen MR) is 77.4 cm³/mol. The lowest BCUT2D eigenvalue weighted by Gasteiger charge is -2.09. The van der Waals surface area contributed by atoms with Crippen LogP contribution in [0.4, 0.5) is 0 Å². The maximum atomic E-state index is 9.83. The monoisotopic (exact) mass is 256 g/mol. The van der Waals surface area contributed by atoms with E-state index in [4.69, 9.17) is 0 Å². The second-order valence-corrected chi connectivity index (χ2v) is 5.01. The predicted octanol–water partition coefficient (Wildman–Crippen LogP) is 3.30. The summed E-state index contributed by atoms with van der Waals surface area (Å²) >= 11 is 0. The molecule has 19 heavy (non-hydrogen) atoms. The van der Waals surface area contributed by atoms with Crippen LogP contribution in [0.25, 0.3) is 0 Å². The topological polar surface area (TPSA) is 40.5 Å². The summed E-state index contributed by atoms with van der Waals surface area (Å²) in [5, 5.41) is 19.2. The first-order valence-electron chi connectivity index (χ1n) is 6.68. The van der Waals surface area contributed by atoms with Gasteiger partial charge in [0.1, 0.15) is 5.75 Å². The summed E-state index contributed by atoms with van der Waals surface area (Å²) in [6.45, 7) is 1.77. The van der Waals surface area contributed by atoms with Gasteiger partial charge in [0, 0.05) is 0 Å². The van der Waals surface area contributed by atoms with Crippen molar-refractivity contribution in [3.8, 4) is 5.75 Å². The molecule has 2 aromatic rings. The van der Waals surface area contributed by atoms with Crippen LogP contribution in [-0.2, 0) is 12.8 Å². The Morgan fingerprint density at radius 3 is 2.42 bits per heavy atom. The van der Waals surface area contributed by atoms with Crippen LogP contribution in [0.2, 0.25) is 0 Å². The highest BCUT2D eigenvalue weighted by molar-refractivity contribution is 5.38. The second kappa shape index (κ2) is 6.39. The average Bonchev–Trinajstić information content (AvgIpc) is 2.40. The summed E-state index contributed by atoms with van der Waals surface area (Å²) in [6.07, 6.45) is 1.90. The lowest BCUT2D eigenvalue weighted by atomic mass is 9.99. The van der Waals surface area contributed by atoms with E-state index in [1.807, 2.05) is 30.3 Å². The van der Waals surface area contributed by atoms with E-state index in [1.54, 1.807) is 13.0 Å². The average molecular weight is 256 g/mol. The molecule has 2 rings (SSSR count). The molecule has 100 valence electrons. The summed E-state index contributed by atoms with van der Waals surface area (Å²) < 4.78 is 0. The minimum absolute atomic E-state index is 0.317. The van der Waals surface area contributed by atoms with E-state index in [1.165, 1.54) is 11.1 Å². The fraction of sp³-hybridized carbons (Fsp3) is 0.294. The Morgan fingerprint density at radius 1 is 1.00 bits per heavy atom. The lowest BCUT2D eigenvalue weighted by Crippen LogP contribution is -2.02. The molecule has 1 unspecified atom stereocenters. The number of phenolic OH excluding ortho intramolecular Hbond substituents is 1. The molecule has 0 heterocycles. The number of benzene rings is 2. The molecular weight excluding hydrogens is 236 g/mol. The van der Waals surface area contributed by atoms with Gasteiger partial charge >= 0.3 is 0 Å². The summed E-state index contributed by atoms with van der Waals surface area (Å²) in [6, 6.07) is 16.0. The first-order valence-corrected chi connectivity index (χ1v) is 6.68. The highest BCUT2D eigenvalue weighted by Crippen LogP contribution is 2.22. The Balaban J connectivity index is 2.12. The minimum atomic E-state index is -0.336. The van der Waals surface area contributed by atoms with Crippen molar-refractivity contribution >= 4 is 0 Å². The fourth-order valence-corrected chi connectivity index (χ4v) is 2.15. The van der Waals surface area contributed by atoms with Crippen molar-refractivity contribution in [3.63, 3.8) is 0 Å². The normalized spacial score (nSPS) is 12.3. The molecule has 2 N–H and O–H groups in total. The van der Waals surface area contributed by atoms with E-state index in [0.717, 1.165) is 12.0 Å². The molecule has 0 saturated carbocycles. The number of aryl methyl sites for hydroxylation is 1. The maximum absolute atomic E-state index is 9.83. The first kappa shape index (κ1) is 13.6. The van der Waals surface area contributed by atoms with E-state index in [2.05, 4.69) is 12.1 Å². The quantitative estimate of drug-likeness (QED) is 0.861. The number of phenols is 1. The Bertz CT molecular complexity index is 518. The highest BCUT2D eigenvalue weighted by atomic mass is 16.3. The Morgan fingerprint density at radius 2 is 1.74 bits per heavy atom. The van der Waals surface area contributed by atoms with Crippen LogP contribution >= 0.6 is 0 Å². The summed E-state index contributed by atoms with van der Waals surface area (Å²) in [5.74, 6) is 0.317. The van der Waals surface area contributed by atoms with Gasteiger partial charge in [0.25, 0.3) is 0 Å². The van der Waals surface area contributed by atoms with E-state index < -0.39 is 0 Å². The molecule has 0 radical (unpaired) electrons. The molecule has 2 heteroatoms. The molecule has 0 saturated heterocycles. The van der Waals surface area contributed by atoms with Gasteiger partial charge in [0.15, 0.2) is 0 Å². The number of aliphatic hydroxyl groups is 1. The van der Waals surface area contributed by atoms with Gasteiger partial charge in [-0.25, -0.2) is 0 Å². The summed E-state index contributed by atoms with van der Waals surface area (Å²) in [5.41, 5.74) is 3.36. The summed E-state index contributed by atoms with van der Waals surface area (Å²) in [7, 11) is 0. The smallest absolute Gasteiger partial charge is 0.118 e. The lowest BCUT2D eigenvalue weighted by molar-refractivity contribution is 0.184. The van der Waals surface area contributed by atoms with Gasteiger partial charge in [0.05, 0.1) is 6.10 Å². The van der Waals surface area contributed by atoms with Gasteiger partial charge in [-0.1, -0.05) is 42.5 Å². The molecule has 0 aliphatic rings. The van der Waals surface area contributed by atoms with Crippen LogP contribution in [0.15, 0.2) is 48.5 Å². The van der Waals surface area contributed by atoms with Gasteiger partial charge in [0.2, 0.25) is 0 Å². The number of aromatic hydroxyl groups is 1. The zero-order valence-corrected chi connectivity index (χ0v) is 11.2. The van der Waals surface area contributed by atoms with E-state index in [-0.39, 0.29) is 6.10 Å². The third kappa shape index (κ3) is 4.11. The largest absolute Gasteiger partial charge is 0.508 e. The molecule has 2 aromatic carbocycles. The molecule has 0 amide bonds. The number of aliphatic hydroxyl groups excluding tert-OH is 1. The van der Waals surface area contributed by atoms with Crippen molar-refractivity contribution in [3.05, 3.63) is 65.2 Å². The molecule has 2 nitrogen and oxygen atoms in total. The zero-order chi connectivity index (χ0) is 13.7. The standard InChI is InChI=1S/C17H20O2/c1-13(18)7-9-16-12-15(8-10-17(16)19)11-14-5-3-2-4-6-14/h2-6,8,10,12-13,18-19H,7,9,11H2,1H3. The number of rotatable bonds is 5. The first-order chi connectivity index (χ1) is 9.15. The Labute approximate surface area is 114 Å². The van der Waals surface area contributed by atoms with E-state index >= 15 is 0 Å². The SMILES string of the molecule is CC(O)CCc1cc(Cc2ccccc2)ccc1O. The van der Waals surface area contributed by atoms with Crippen molar-refractivity contribution in [2.45, 2.75) is 32.3 Å². The molecule has 0 fully saturated rings. The van der Waals surface area contributed by atoms with Crippen molar-refractivity contribution in [1.82, 2.24) is 0 Å². The van der Waals surface area contributed by atoms with Gasteiger partial charge in [-0.3, -0.25) is 0 Å². The zero-order valence-electron chi connectivity index (χ0n) is 11.2. The number of hydrogen-bond acceptors (Lipinski definition) is 2.